The molecule has 0 radical (unpaired) electrons. The number of amides is 1. The van der Waals surface area contributed by atoms with Crippen molar-refractivity contribution in [2.45, 2.75) is 32.8 Å². The van der Waals surface area contributed by atoms with E-state index in [-0.39, 0.29) is 17.8 Å². The Labute approximate surface area is 142 Å². The van der Waals surface area contributed by atoms with Crippen molar-refractivity contribution in [1.82, 2.24) is 0 Å². The van der Waals surface area contributed by atoms with Gasteiger partial charge in [-0.2, -0.15) is 0 Å². The highest BCUT2D eigenvalue weighted by molar-refractivity contribution is 6.00. The van der Waals surface area contributed by atoms with Crippen LogP contribution in [0.2, 0.25) is 0 Å². The van der Waals surface area contributed by atoms with Gasteiger partial charge in [0.2, 0.25) is 0 Å². The van der Waals surface area contributed by atoms with Gasteiger partial charge in [0.15, 0.2) is 6.10 Å². The molecule has 1 aromatic carbocycles. The van der Waals surface area contributed by atoms with Gasteiger partial charge < -0.3 is 9.64 Å². The number of carbonyl (C=O) groups excluding carboxylic acids is 2. The Balaban J connectivity index is 1.51. The number of nitrogens with zero attached hydrogens (tertiary/aromatic N) is 1. The zero-order valence-electron chi connectivity index (χ0n) is 14.1. The molecular formula is C20H23NO3. The molecule has 1 aliphatic heterocycles. The average molecular weight is 325 g/mol. The zero-order chi connectivity index (χ0) is 16.9. The van der Waals surface area contributed by atoms with Crippen molar-refractivity contribution in [3.05, 3.63) is 42.5 Å². The third-order valence-electron chi connectivity index (χ3n) is 5.65. The first kappa shape index (κ1) is 15.4. The Bertz CT molecular complexity index is 694. The first-order valence-electron chi connectivity index (χ1n) is 8.71. The summed E-state index contributed by atoms with van der Waals surface area (Å²) >= 11 is 0. The van der Waals surface area contributed by atoms with Gasteiger partial charge in [0.25, 0.3) is 5.91 Å². The van der Waals surface area contributed by atoms with E-state index < -0.39 is 11.5 Å². The lowest BCUT2D eigenvalue weighted by atomic mass is 9.89. The van der Waals surface area contributed by atoms with E-state index in [0.717, 1.165) is 18.5 Å². The van der Waals surface area contributed by atoms with E-state index in [4.69, 9.17) is 4.74 Å². The van der Waals surface area contributed by atoms with Crippen LogP contribution in [-0.4, -0.2) is 24.5 Å². The summed E-state index contributed by atoms with van der Waals surface area (Å²) < 4.78 is 5.76. The molecule has 1 aromatic rings. The van der Waals surface area contributed by atoms with E-state index in [1.165, 1.54) is 0 Å². The number of anilines is 1. The number of rotatable bonds is 3. The molecular weight excluding hydrogens is 302 g/mol. The smallest absolute Gasteiger partial charge is 0.310 e. The Morgan fingerprint density at radius 2 is 1.92 bits per heavy atom. The lowest BCUT2D eigenvalue weighted by Crippen LogP contribution is -2.38. The predicted octanol–water partition coefficient (Wildman–Crippen LogP) is 3.18. The fraction of sp³-hybridized carbons (Fsp3) is 0.500. The van der Waals surface area contributed by atoms with Crippen molar-refractivity contribution >= 4 is 17.6 Å². The minimum Gasteiger partial charge on any atom is -0.451 e. The Kier molecular flexibility index (Phi) is 3.52. The van der Waals surface area contributed by atoms with E-state index in [0.29, 0.717) is 18.4 Å². The highest BCUT2D eigenvalue weighted by atomic mass is 16.6. The molecule has 4 heteroatoms. The minimum atomic E-state index is -0.701. The number of ether oxygens (including phenoxy) is 1. The van der Waals surface area contributed by atoms with Gasteiger partial charge in [0.05, 0.1) is 5.92 Å². The highest BCUT2D eigenvalue weighted by Gasteiger charge is 2.51. The molecule has 2 bridgehead atoms. The van der Waals surface area contributed by atoms with Crippen LogP contribution in [0.15, 0.2) is 42.5 Å². The Morgan fingerprint density at radius 3 is 2.54 bits per heavy atom. The third kappa shape index (κ3) is 2.45. The average Bonchev–Trinajstić information content (AvgIpc) is 3.25. The van der Waals surface area contributed by atoms with Crippen molar-refractivity contribution in [3.63, 3.8) is 0 Å². The molecule has 1 saturated heterocycles. The summed E-state index contributed by atoms with van der Waals surface area (Å²) in [6, 6.07) is 9.58. The van der Waals surface area contributed by atoms with Crippen LogP contribution in [0, 0.1) is 23.2 Å². The van der Waals surface area contributed by atoms with Crippen LogP contribution in [0.3, 0.4) is 0 Å². The molecule has 0 spiro atoms. The quantitative estimate of drug-likeness (QED) is 0.633. The fourth-order valence-electron chi connectivity index (χ4n) is 4.34. The fourth-order valence-corrected chi connectivity index (χ4v) is 4.34. The summed E-state index contributed by atoms with van der Waals surface area (Å²) in [4.78, 5) is 27.2. The maximum Gasteiger partial charge on any atom is 0.310 e. The van der Waals surface area contributed by atoms with Crippen LogP contribution in [0.4, 0.5) is 5.69 Å². The molecule has 126 valence electrons. The first-order chi connectivity index (χ1) is 11.5. The van der Waals surface area contributed by atoms with E-state index in [2.05, 4.69) is 12.2 Å². The highest BCUT2D eigenvalue weighted by Crippen LogP contribution is 2.45. The molecule has 2 aliphatic carbocycles. The number of benzene rings is 1. The van der Waals surface area contributed by atoms with Gasteiger partial charge in [-0.05, 0) is 36.8 Å². The van der Waals surface area contributed by atoms with Gasteiger partial charge in [-0.15, -0.1) is 0 Å². The van der Waals surface area contributed by atoms with Crippen molar-refractivity contribution < 1.29 is 14.3 Å². The molecule has 4 atom stereocenters. The molecule has 0 N–H and O–H groups in total. The molecule has 24 heavy (non-hydrogen) atoms. The summed E-state index contributed by atoms with van der Waals surface area (Å²) in [6.45, 7) is 4.55. The summed E-state index contributed by atoms with van der Waals surface area (Å²) in [7, 11) is 0. The molecule has 4 nitrogen and oxygen atoms in total. The Morgan fingerprint density at radius 1 is 1.17 bits per heavy atom. The third-order valence-corrected chi connectivity index (χ3v) is 5.65. The van der Waals surface area contributed by atoms with Gasteiger partial charge in [-0.3, -0.25) is 9.59 Å². The molecule has 3 aliphatic rings. The SMILES string of the molecule is CC1(C)CN(c2ccccc2)C(=O)[C@@H]1OC(=O)[C@@H]1C[C@@H]2C=C[C@H]1C2. The minimum absolute atomic E-state index is 0.0747. The van der Waals surface area contributed by atoms with Crippen LogP contribution < -0.4 is 4.90 Å². The second kappa shape index (κ2) is 5.47. The monoisotopic (exact) mass is 325 g/mol. The second-order valence-corrected chi connectivity index (χ2v) is 7.95. The number of fused-ring (bicyclic) bond motifs is 2. The molecule has 2 fully saturated rings. The second-order valence-electron chi connectivity index (χ2n) is 7.95. The topological polar surface area (TPSA) is 46.6 Å². The lowest BCUT2D eigenvalue weighted by molar-refractivity contribution is -0.163. The summed E-state index contributed by atoms with van der Waals surface area (Å²) in [5.41, 5.74) is 0.466. The molecule has 1 heterocycles. The molecule has 0 aromatic heterocycles. The summed E-state index contributed by atoms with van der Waals surface area (Å²) in [6.07, 6.45) is 5.56. The normalized spacial score (nSPS) is 33.2. The molecule has 1 amide bonds. The molecule has 4 rings (SSSR count). The number of para-hydroxylation sites is 1. The predicted molar refractivity (Wildman–Crippen MR) is 91.3 cm³/mol. The van der Waals surface area contributed by atoms with Gasteiger partial charge >= 0.3 is 5.97 Å². The summed E-state index contributed by atoms with van der Waals surface area (Å²) in [5.74, 6) is 0.425. The van der Waals surface area contributed by atoms with E-state index in [9.17, 15) is 9.59 Å². The number of allylic oxidation sites excluding steroid dienone is 2. The van der Waals surface area contributed by atoms with Crippen LogP contribution in [0.5, 0.6) is 0 Å². The van der Waals surface area contributed by atoms with Gasteiger partial charge in [0, 0.05) is 17.6 Å². The largest absolute Gasteiger partial charge is 0.451 e. The number of hydrogen-bond donors (Lipinski definition) is 0. The van der Waals surface area contributed by atoms with Crippen LogP contribution in [0.1, 0.15) is 26.7 Å². The van der Waals surface area contributed by atoms with Crippen molar-refractivity contribution in [3.8, 4) is 0 Å². The number of carbonyl (C=O) groups is 2. The lowest BCUT2D eigenvalue weighted by Gasteiger charge is -2.26. The van der Waals surface area contributed by atoms with Gasteiger partial charge in [-0.25, -0.2) is 0 Å². The van der Waals surface area contributed by atoms with Crippen LogP contribution in [-0.2, 0) is 14.3 Å². The Hall–Kier alpha value is -2.10. The van der Waals surface area contributed by atoms with Crippen molar-refractivity contribution in [1.29, 1.82) is 0 Å². The van der Waals surface area contributed by atoms with E-state index in [1.54, 1.807) is 4.90 Å². The molecule has 1 saturated carbocycles. The number of hydrogen-bond acceptors (Lipinski definition) is 3. The van der Waals surface area contributed by atoms with Gasteiger partial charge in [-0.1, -0.05) is 44.2 Å². The van der Waals surface area contributed by atoms with Crippen LogP contribution >= 0.6 is 0 Å². The van der Waals surface area contributed by atoms with Gasteiger partial charge in [0.1, 0.15) is 0 Å². The first-order valence-corrected chi connectivity index (χ1v) is 8.71. The molecule has 0 unspecified atom stereocenters. The number of esters is 1. The van der Waals surface area contributed by atoms with Crippen molar-refractivity contribution in [2.75, 3.05) is 11.4 Å². The zero-order valence-corrected chi connectivity index (χ0v) is 14.1. The standard InChI is InChI=1S/C20H23NO3/c1-20(2)12-21(15-6-4-3-5-7-15)18(22)17(20)24-19(23)16-11-13-8-9-14(16)10-13/h3-9,13-14,16-17H,10-12H2,1-2H3/t13-,14+,16-,17+/m1/s1. The van der Waals surface area contributed by atoms with E-state index >= 15 is 0 Å². The summed E-state index contributed by atoms with van der Waals surface area (Å²) in [5, 5.41) is 0. The maximum absolute atomic E-state index is 12.9. The maximum atomic E-state index is 12.9. The van der Waals surface area contributed by atoms with Crippen molar-refractivity contribution in [2.24, 2.45) is 23.2 Å². The van der Waals surface area contributed by atoms with Crippen LogP contribution in [0.25, 0.3) is 0 Å². The van der Waals surface area contributed by atoms with E-state index in [1.807, 2.05) is 44.2 Å².